The van der Waals surface area contributed by atoms with Gasteiger partial charge in [0.25, 0.3) is 5.91 Å². The summed E-state index contributed by atoms with van der Waals surface area (Å²) in [5, 5.41) is 4.62. The Morgan fingerprint density at radius 2 is 2.00 bits per heavy atom. The lowest BCUT2D eigenvalue weighted by Crippen LogP contribution is -2.35. The number of fused-ring (bicyclic) bond motifs is 1. The summed E-state index contributed by atoms with van der Waals surface area (Å²) in [5.74, 6) is 0.389. The summed E-state index contributed by atoms with van der Waals surface area (Å²) in [6.45, 7) is 2.03. The van der Waals surface area contributed by atoms with Gasteiger partial charge in [-0.05, 0) is 61.4 Å². The number of benzene rings is 2. The van der Waals surface area contributed by atoms with Crippen LogP contribution in [0.15, 0.2) is 57.5 Å². The van der Waals surface area contributed by atoms with E-state index < -0.39 is 0 Å². The quantitative estimate of drug-likeness (QED) is 0.565. The fourth-order valence-electron chi connectivity index (χ4n) is 3.16. The minimum absolute atomic E-state index is 0.0764. The molecule has 0 aliphatic carbocycles. The molecule has 1 atom stereocenters. The molecule has 1 aromatic heterocycles. The van der Waals surface area contributed by atoms with Crippen LogP contribution >= 0.6 is 27.5 Å². The Kier molecular flexibility index (Phi) is 4.13. The van der Waals surface area contributed by atoms with Crippen molar-refractivity contribution in [1.29, 1.82) is 0 Å². The first-order valence-corrected chi connectivity index (χ1v) is 9.04. The second-order valence-corrected chi connectivity index (χ2v) is 7.44. The highest BCUT2D eigenvalue weighted by atomic mass is 79.9. The van der Waals surface area contributed by atoms with Crippen molar-refractivity contribution in [1.82, 2.24) is 5.16 Å². The summed E-state index contributed by atoms with van der Waals surface area (Å²) in [6, 6.07) is 14.9. The third-order valence-electron chi connectivity index (χ3n) is 4.33. The van der Waals surface area contributed by atoms with Gasteiger partial charge in [0, 0.05) is 32.9 Å². The van der Waals surface area contributed by atoms with E-state index >= 15 is 0 Å². The van der Waals surface area contributed by atoms with Crippen LogP contribution in [0.1, 0.15) is 23.0 Å². The molecule has 25 heavy (non-hydrogen) atoms. The summed E-state index contributed by atoms with van der Waals surface area (Å²) in [4.78, 5) is 14.8. The molecule has 4 rings (SSSR count). The van der Waals surface area contributed by atoms with E-state index in [0.29, 0.717) is 16.5 Å². The Morgan fingerprint density at radius 1 is 1.24 bits per heavy atom. The van der Waals surface area contributed by atoms with E-state index in [1.54, 1.807) is 23.1 Å². The first kappa shape index (κ1) is 16.4. The number of hydrogen-bond donors (Lipinski definition) is 0. The summed E-state index contributed by atoms with van der Waals surface area (Å²) < 4.78 is 6.38. The molecular formula is C19H14BrClN2O2. The Balaban J connectivity index is 1.65. The number of hydrogen-bond acceptors (Lipinski definition) is 3. The molecule has 0 N–H and O–H groups in total. The molecule has 6 heteroatoms. The van der Waals surface area contributed by atoms with Crippen molar-refractivity contribution in [2.75, 3.05) is 4.90 Å². The molecule has 2 heterocycles. The normalized spacial score (nSPS) is 16.1. The first-order valence-electron chi connectivity index (χ1n) is 7.87. The van der Waals surface area contributed by atoms with E-state index in [9.17, 15) is 4.79 Å². The van der Waals surface area contributed by atoms with Gasteiger partial charge in [0.05, 0.1) is 0 Å². The molecule has 1 aliphatic heterocycles. The smallest absolute Gasteiger partial charge is 0.280 e. The highest BCUT2D eigenvalue weighted by Crippen LogP contribution is 2.35. The van der Waals surface area contributed by atoms with Crippen LogP contribution in [0.3, 0.4) is 0 Å². The van der Waals surface area contributed by atoms with Crippen molar-refractivity contribution < 1.29 is 9.32 Å². The second kappa shape index (κ2) is 6.32. The van der Waals surface area contributed by atoms with Crippen molar-refractivity contribution in [3.8, 4) is 11.3 Å². The van der Waals surface area contributed by atoms with E-state index in [-0.39, 0.29) is 11.9 Å². The second-order valence-electron chi connectivity index (χ2n) is 6.08. The number of halogens is 2. The largest absolute Gasteiger partial charge is 0.355 e. The number of anilines is 1. The van der Waals surface area contributed by atoms with Crippen molar-refractivity contribution in [2.24, 2.45) is 0 Å². The average Bonchev–Trinajstić information content (AvgIpc) is 3.19. The van der Waals surface area contributed by atoms with Crippen molar-refractivity contribution in [2.45, 2.75) is 19.4 Å². The van der Waals surface area contributed by atoms with E-state index in [1.165, 1.54) is 0 Å². The number of amides is 1. The highest BCUT2D eigenvalue weighted by Gasteiger charge is 2.33. The first-order chi connectivity index (χ1) is 12.0. The molecule has 0 unspecified atom stereocenters. The van der Waals surface area contributed by atoms with Gasteiger partial charge in [0.2, 0.25) is 0 Å². The van der Waals surface area contributed by atoms with Gasteiger partial charge < -0.3 is 9.42 Å². The molecule has 0 saturated heterocycles. The zero-order valence-electron chi connectivity index (χ0n) is 13.4. The summed E-state index contributed by atoms with van der Waals surface area (Å²) in [5.41, 5.74) is 3.20. The number of rotatable bonds is 2. The molecule has 2 aromatic carbocycles. The minimum atomic E-state index is -0.155. The van der Waals surface area contributed by atoms with E-state index in [4.69, 9.17) is 16.1 Å². The number of nitrogens with zero attached hydrogens (tertiary/aromatic N) is 2. The number of carbonyl (C=O) groups is 1. The molecule has 0 bridgehead atoms. The van der Waals surface area contributed by atoms with Crippen molar-refractivity contribution in [3.05, 3.63) is 69.3 Å². The SMILES string of the molecule is C[C@H]1Cc2cc(Br)ccc2N1C(=O)c1cc(-c2ccc(Cl)cc2)on1. The van der Waals surface area contributed by atoms with E-state index in [1.807, 2.05) is 31.2 Å². The molecule has 0 fully saturated rings. The Labute approximate surface area is 158 Å². The Morgan fingerprint density at radius 3 is 2.76 bits per heavy atom. The fourth-order valence-corrected chi connectivity index (χ4v) is 3.69. The summed E-state index contributed by atoms with van der Waals surface area (Å²) in [6.07, 6.45) is 0.822. The van der Waals surface area contributed by atoms with Crippen LogP contribution in [0.5, 0.6) is 0 Å². The monoisotopic (exact) mass is 416 g/mol. The topological polar surface area (TPSA) is 46.3 Å². The zero-order valence-corrected chi connectivity index (χ0v) is 15.7. The fraction of sp³-hybridized carbons (Fsp3) is 0.158. The zero-order chi connectivity index (χ0) is 17.6. The highest BCUT2D eigenvalue weighted by molar-refractivity contribution is 9.10. The Bertz CT molecular complexity index is 952. The molecule has 0 radical (unpaired) electrons. The molecule has 126 valence electrons. The number of carbonyl (C=O) groups excluding carboxylic acids is 1. The molecule has 4 nitrogen and oxygen atoms in total. The van der Waals surface area contributed by atoms with E-state index in [0.717, 1.165) is 27.7 Å². The van der Waals surface area contributed by atoms with Crippen LogP contribution in [-0.4, -0.2) is 17.1 Å². The third kappa shape index (κ3) is 2.98. The molecule has 0 spiro atoms. The third-order valence-corrected chi connectivity index (χ3v) is 5.08. The van der Waals surface area contributed by atoms with Gasteiger partial charge in [0.15, 0.2) is 11.5 Å². The molecule has 1 aliphatic rings. The van der Waals surface area contributed by atoms with E-state index in [2.05, 4.69) is 27.2 Å². The lowest BCUT2D eigenvalue weighted by molar-refractivity contribution is 0.0973. The average molecular weight is 418 g/mol. The lowest BCUT2D eigenvalue weighted by atomic mass is 10.1. The van der Waals surface area contributed by atoms with Crippen molar-refractivity contribution >= 4 is 39.1 Å². The standard InChI is InChI=1S/C19H14BrClN2O2/c1-11-8-13-9-14(20)4-7-17(13)23(11)19(24)16-10-18(25-22-16)12-2-5-15(21)6-3-12/h2-7,9-11H,8H2,1H3/t11-/m0/s1. The summed E-state index contributed by atoms with van der Waals surface area (Å²) in [7, 11) is 0. The van der Waals surface area contributed by atoms with Gasteiger partial charge in [-0.25, -0.2) is 0 Å². The number of aromatic nitrogens is 1. The minimum Gasteiger partial charge on any atom is -0.355 e. The van der Waals surface area contributed by atoms with Crippen LogP contribution in [-0.2, 0) is 6.42 Å². The maximum absolute atomic E-state index is 13.0. The van der Waals surface area contributed by atoms with Gasteiger partial charge in [-0.1, -0.05) is 32.7 Å². The molecule has 0 saturated carbocycles. The Hall–Kier alpha value is -2.11. The molecular weight excluding hydrogens is 404 g/mol. The maximum atomic E-state index is 13.0. The van der Waals surface area contributed by atoms with Crippen LogP contribution < -0.4 is 4.90 Å². The van der Waals surface area contributed by atoms with Gasteiger partial charge >= 0.3 is 0 Å². The van der Waals surface area contributed by atoms with Crippen LogP contribution in [0.25, 0.3) is 11.3 Å². The van der Waals surface area contributed by atoms with Gasteiger partial charge in [0.1, 0.15) is 0 Å². The van der Waals surface area contributed by atoms with Gasteiger partial charge in [-0.2, -0.15) is 0 Å². The molecule has 1 amide bonds. The summed E-state index contributed by atoms with van der Waals surface area (Å²) >= 11 is 9.39. The predicted octanol–water partition coefficient (Wildman–Crippen LogP) is 5.35. The van der Waals surface area contributed by atoms with Gasteiger partial charge in [-0.15, -0.1) is 0 Å². The van der Waals surface area contributed by atoms with Gasteiger partial charge in [-0.3, -0.25) is 4.79 Å². The van der Waals surface area contributed by atoms with Crippen LogP contribution in [0.4, 0.5) is 5.69 Å². The van der Waals surface area contributed by atoms with Crippen molar-refractivity contribution in [3.63, 3.8) is 0 Å². The maximum Gasteiger partial charge on any atom is 0.280 e. The van der Waals surface area contributed by atoms with Crippen LogP contribution in [0.2, 0.25) is 5.02 Å². The lowest BCUT2D eigenvalue weighted by Gasteiger charge is -2.21. The molecule has 3 aromatic rings. The predicted molar refractivity (Wildman–Crippen MR) is 101 cm³/mol. The van der Waals surface area contributed by atoms with Crippen LogP contribution in [0, 0.1) is 0 Å².